The molecule has 1 aliphatic heterocycles. The van der Waals surface area contributed by atoms with E-state index >= 15 is 0 Å². The Bertz CT molecular complexity index is 1350. The fraction of sp³-hybridized carbons (Fsp3) is 0.241. The average Bonchev–Trinajstić information content (AvgIpc) is 3.17. The first-order chi connectivity index (χ1) is 17.8. The first-order valence-corrected chi connectivity index (χ1v) is 12.3. The lowest BCUT2D eigenvalue weighted by Gasteiger charge is -2.27. The van der Waals surface area contributed by atoms with Crippen LogP contribution in [0.2, 0.25) is 5.02 Å². The Kier molecular flexibility index (Phi) is 7.74. The number of halogens is 1. The van der Waals surface area contributed by atoms with Crippen molar-refractivity contribution in [1.29, 1.82) is 0 Å². The van der Waals surface area contributed by atoms with Gasteiger partial charge in [-0.15, -0.1) is 0 Å². The summed E-state index contributed by atoms with van der Waals surface area (Å²) in [5, 5.41) is 11.7. The molecule has 4 rings (SSSR count). The molecule has 1 unspecified atom stereocenters. The van der Waals surface area contributed by atoms with Crippen LogP contribution in [0.5, 0.6) is 11.5 Å². The van der Waals surface area contributed by atoms with Gasteiger partial charge in [-0.2, -0.15) is 0 Å². The third kappa shape index (κ3) is 5.00. The summed E-state index contributed by atoms with van der Waals surface area (Å²) in [7, 11) is 5.34. The monoisotopic (exact) mass is 520 g/mol. The van der Waals surface area contributed by atoms with Gasteiger partial charge in [0.15, 0.2) is 0 Å². The number of ketones is 1. The van der Waals surface area contributed by atoms with Crippen LogP contribution in [0.4, 0.5) is 11.4 Å². The fourth-order valence-electron chi connectivity index (χ4n) is 4.30. The number of nitrogens with zero attached hydrogens (tertiary/aromatic N) is 2. The Balaban J connectivity index is 1.96. The number of amides is 1. The number of carbonyl (C=O) groups is 2. The smallest absolute Gasteiger partial charge is 0.300 e. The Morgan fingerprint density at radius 1 is 1.05 bits per heavy atom. The number of ether oxygens (including phenoxy) is 2. The molecule has 1 fully saturated rings. The summed E-state index contributed by atoms with van der Waals surface area (Å²) in [4.78, 5) is 30.4. The number of methoxy groups -OCH3 is 1. The van der Waals surface area contributed by atoms with E-state index < -0.39 is 17.7 Å². The van der Waals surface area contributed by atoms with E-state index in [1.807, 2.05) is 56.3 Å². The molecular formula is C29H29ClN2O5. The summed E-state index contributed by atoms with van der Waals surface area (Å²) < 4.78 is 11.2. The van der Waals surface area contributed by atoms with Crippen molar-refractivity contribution in [3.8, 4) is 11.5 Å². The fourth-order valence-corrected chi connectivity index (χ4v) is 4.51. The van der Waals surface area contributed by atoms with Crippen molar-refractivity contribution < 1.29 is 24.2 Å². The van der Waals surface area contributed by atoms with E-state index in [1.54, 1.807) is 30.3 Å². The van der Waals surface area contributed by atoms with Gasteiger partial charge in [0.1, 0.15) is 17.3 Å². The minimum Gasteiger partial charge on any atom is -0.507 e. The highest BCUT2D eigenvalue weighted by molar-refractivity contribution is 6.52. The average molecular weight is 521 g/mol. The van der Waals surface area contributed by atoms with Crippen LogP contribution < -0.4 is 19.3 Å². The lowest BCUT2D eigenvalue weighted by molar-refractivity contribution is -0.132. The molecule has 0 spiro atoms. The molecule has 1 amide bonds. The van der Waals surface area contributed by atoms with E-state index in [0.29, 0.717) is 29.4 Å². The maximum absolute atomic E-state index is 13.6. The molecule has 0 aliphatic carbocycles. The molecule has 1 heterocycles. The molecule has 1 aliphatic rings. The maximum atomic E-state index is 13.6. The molecule has 0 saturated carbocycles. The molecule has 8 heteroatoms. The number of carbonyl (C=O) groups excluding carboxylic acids is 2. The summed E-state index contributed by atoms with van der Waals surface area (Å²) in [5.74, 6) is -1.04. The highest BCUT2D eigenvalue weighted by Crippen LogP contribution is 2.46. The highest BCUT2D eigenvalue weighted by Gasteiger charge is 2.48. The predicted octanol–water partition coefficient (Wildman–Crippen LogP) is 5.83. The first kappa shape index (κ1) is 26.1. The molecule has 7 nitrogen and oxygen atoms in total. The number of Topliss-reactive ketones (excluding diaryl/α,β-unsaturated/α-hetero) is 1. The van der Waals surface area contributed by atoms with Gasteiger partial charge in [-0.3, -0.25) is 14.5 Å². The topological polar surface area (TPSA) is 79.3 Å². The Morgan fingerprint density at radius 3 is 2.41 bits per heavy atom. The van der Waals surface area contributed by atoms with Gasteiger partial charge in [0.25, 0.3) is 11.7 Å². The zero-order chi connectivity index (χ0) is 26.7. The van der Waals surface area contributed by atoms with Crippen molar-refractivity contribution in [2.75, 3.05) is 37.6 Å². The van der Waals surface area contributed by atoms with Crippen LogP contribution >= 0.6 is 11.6 Å². The Morgan fingerprint density at radius 2 is 1.76 bits per heavy atom. The van der Waals surface area contributed by atoms with Crippen LogP contribution in [0, 0.1) is 0 Å². The number of para-hydroxylation sites is 2. The summed E-state index contributed by atoms with van der Waals surface area (Å²) in [6.45, 7) is 2.43. The van der Waals surface area contributed by atoms with Gasteiger partial charge in [-0.25, -0.2) is 0 Å². The van der Waals surface area contributed by atoms with Crippen LogP contribution in [0.25, 0.3) is 5.76 Å². The Hall–Kier alpha value is -3.97. The van der Waals surface area contributed by atoms with E-state index in [0.717, 1.165) is 12.1 Å². The Labute approximate surface area is 221 Å². The second-order valence-electron chi connectivity index (χ2n) is 8.82. The minimum atomic E-state index is -0.912. The minimum absolute atomic E-state index is 0.0666. The third-order valence-corrected chi connectivity index (χ3v) is 6.51. The molecule has 1 atom stereocenters. The van der Waals surface area contributed by atoms with E-state index in [1.165, 1.54) is 18.1 Å². The van der Waals surface area contributed by atoms with Gasteiger partial charge in [0.2, 0.25) is 0 Å². The molecule has 3 aromatic carbocycles. The molecule has 3 aromatic rings. The molecule has 0 bridgehead atoms. The van der Waals surface area contributed by atoms with Gasteiger partial charge in [0.05, 0.1) is 36.0 Å². The number of anilines is 2. The van der Waals surface area contributed by atoms with Crippen LogP contribution in [0.3, 0.4) is 0 Å². The van der Waals surface area contributed by atoms with Gasteiger partial charge < -0.3 is 19.5 Å². The van der Waals surface area contributed by atoms with Crippen molar-refractivity contribution in [2.24, 2.45) is 0 Å². The summed E-state index contributed by atoms with van der Waals surface area (Å²) in [6.07, 6.45) is 0.775. The molecule has 37 heavy (non-hydrogen) atoms. The lowest BCUT2D eigenvalue weighted by atomic mass is 9.94. The summed E-state index contributed by atoms with van der Waals surface area (Å²) in [5.41, 5.74) is 2.17. The van der Waals surface area contributed by atoms with Crippen molar-refractivity contribution in [2.45, 2.75) is 19.4 Å². The number of aliphatic hydroxyl groups is 1. The number of benzene rings is 3. The summed E-state index contributed by atoms with van der Waals surface area (Å²) >= 11 is 6.41. The zero-order valence-corrected chi connectivity index (χ0v) is 22.0. The van der Waals surface area contributed by atoms with Crippen LogP contribution in [0.1, 0.15) is 30.5 Å². The normalized spacial score (nSPS) is 16.7. The van der Waals surface area contributed by atoms with Crippen molar-refractivity contribution >= 4 is 40.4 Å². The van der Waals surface area contributed by atoms with Crippen molar-refractivity contribution in [3.05, 3.63) is 88.5 Å². The molecule has 0 aromatic heterocycles. The van der Waals surface area contributed by atoms with Gasteiger partial charge in [0, 0.05) is 25.3 Å². The van der Waals surface area contributed by atoms with Gasteiger partial charge >= 0.3 is 0 Å². The van der Waals surface area contributed by atoms with Crippen molar-refractivity contribution in [1.82, 2.24) is 0 Å². The molecule has 1 saturated heterocycles. The van der Waals surface area contributed by atoms with Gasteiger partial charge in [-0.05, 0) is 54.4 Å². The summed E-state index contributed by atoms with van der Waals surface area (Å²) in [6, 6.07) is 18.4. The second-order valence-corrected chi connectivity index (χ2v) is 9.22. The van der Waals surface area contributed by atoms with Crippen LogP contribution in [-0.4, -0.2) is 44.6 Å². The van der Waals surface area contributed by atoms with E-state index in [4.69, 9.17) is 21.1 Å². The lowest BCUT2D eigenvalue weighted by Crippen LogP contribution is -2.30. The first-order valence-electron chi connectivity index (χ1n) is 11.9. The molecule has 1 N–H and O–H groups in total. The molecule has 0 radical (unpaired) electrons. The second kappa shape index (κ2) is 11.0. The third-order valence-electron chi connectivity index (χ3n) is 6.18. The quantitative estimate of drug-likeness (QED) is 0.229. The van der Waals surface area contributed by atoms with Crippen molar-refractivity contribution in [3.63, 3.8) is 0 Å². The molecule has 192 valence electrons. The van der Waals surface area contributed by atoms with Gasteiger partial charge in [-0.1, -0.05) is 42.8 Å². The van der Waals surface area contributed by atoms with E-state index in [2.05, 4.69) is 0 Å². The zero-order valence-electron chi connectivity index (χ0n) is 21.2. The van der Waals surface area contributed by atoms with E-state index in [9.17, 15) is 14.7 Å². The largest absolute Gasteiger partial charge is 0.507 e. The van der Waals surface area contributed by atoms with Crippen LogP contribution in [-0.2, 0) is 9.59 Å². The predicted molar refractivity (Wildman–Crippen MR) is 146 cm³/mol. The number of rotatable bonds is 8. The molecular weight excluding hydrogens is 492 g/mol. The van der Waals surface area contributed by atoms with E-state index in [-0.39, 0.29) is 21.9 Å². The number of hydrogen-bond acceptors (Lipinski definition) is 6. The highest BCUT2D eigenvalue weighted by atomic mass is 35.5. The standard InChI is InChI=1S/C29H29ClN2O5/c1-5-16-37-24-9-7-6-8-23(24)32-26(18-10-12-19(13-11-18)31(2)3)25(28(34)29(32)35)27(33)21-17-20(36-4)14-15-22(21)30/h6-15,17,26,33H,5,16H2,1-4H3/b27-25+. The maximum Gasteiger partial charge on any atom is 0.300 e. The van der Waals surface area contributed by atoms with Crippen LogP contribution in [0.15, 0.2) is 72.3 Å². The number of aliphatic hydroxyl groups excluding tert-OH is 1. The SMILES string of the molecule is CCCOc1ccccc1N1C(=O)C(=O)/C(=C(/O)c2cc(OC)ccc2Cl)C1c1ccc(N(C)C)cc1. The number of hydrogen-bond donors (Lipinski definition) is 1.